The van der Waals surface area contributed by atoms with Gasteiger partial charge in [0, 0.05) is 33.7 Å². The van der Waals surface area contributed by atoms with Gasteiger partial charge in [-0.25, -0.2) is 4.79 Å². The average Bonchev–Trinajstić information content (AvgIpc) is 2.31. The predicted octanol–water partition coefficient (Wildman–Crippen LogP) is -0.532. The van der Waals surface area contributed by atoms with Crippen LogP contribution in [0, 0.1) is 0 Å². The summed E-state index contributed by atoms with van der Waals surface area (Å²) in [4.78, 5) is 26.5. The van der Waals surface area contributed by atoms with E-state index in [1.807, 2.05) is 0 Å². The highest BCUT2D eigenvalue weighted by Crippen LogP contribution is 2.10. The fourth-order valence-electron chi connectivity index (χ4n) is 1.89. The molecule has 6 nitrogen and oxygen atoms in total. The van der Waals surface area contributed by atoms with Crippen LogP contribution in [0.4, 0.5) is 4.79 Å². The molecule has 3 amide bonds. The van der Waals surface area contributed by atoms with Crippen LogP contribution in [0.15, 0.2) is 0 Å². The zero-order valence-electron chi connectivity index (χ0n) is 10.8. The molecule has 0 aliphatic carbocycles. The molecule has 0 bridgehead atoms. The van der Waals surface area contributed by atoms with Crippen molar-refractivity contribution >= 4 is 11.9 Å². The third-order valence-electron chi connectivity index (χ3n) is 2.94. The summed E-state index contributed by atoms with van der Waals surface area (Å²) < 4.78 is 0. The molecule has 1 fully saturated rings. The number of nitrogens with zero attached hydrogens (tertiary/aromatic N) is 2. The van der Waals surface area contributed by atoms with Gasteiger partial charge in [-0.1, -0.05) is 0 Å². The number of urea groups is 1. The minimum absolute atomic E-state index is 0.0618. The summed E-state index contributed by atoms with van der Waals surface area (Å²) in [6.45, 7) is 1.87. The Morgan fingerprint density at radius 3 is 2.82 bits per heavy atom. The van der Waals surface area contributed by atoms with Crippen LogP contribution in [0.1, 0.15) is 12.8 Å². The van der Waals surface area contributed by atoms with Crippen molar-refractivity contribution in [1.82, 2.24) is 20.4 Å². The van der Waals surface area contributed by atoms with Crippen LogP contribution in [0.3, 0.4) is 0 Å². The van der Waals surface area contributed by atoms with E-state index >= 15 is 0 Å². The van der Waals surface area contributed by atoms with Crippen molar-refractivity contribution in [1.29, 1.82) is 0 Å². The lowest BCUT2D eigenvalue weighted by Gasteiger charge is -2.32. The van der Waals surface area contributed by atoms with Gasteiger partial charge in [0.25, 0.3) is 0 Å². The van der Waals surface area contributed by atoms with Gasteiger partial charge in [0.1, 0.15) is 0 Å². The number of piperidine rings is 1. The Bertz CT molecular complexity index is 281. The Morgan fingerprint density at radius 2 is 2.24 bits per heavy atom. The van der Waals surface area contributed by atoms with Gasteiger partial charge in [-0.15, -0.1) is 0 Å². The normalized spacial score (nSPS) is 20.3. The minimum Gasteiger partial charge on any atom is -0.340 e. The van der Waals surface area contributed by atoms with E-state index in [0.29, 0.717) is 13.1 Å². The fraction of sp³-hybridized carbons (Fsp3) is 0.818. The summed E-state index contributed by atoms with van der Waals surface area (Å²) in [6, 6.07) is -0.187. The number of likely N-dealkylation sites (N-methyl/N-ethyl adjacent to an activating group) is 1. The minimum atomic E-state index is -0.125. The van der Waals surface area contributed by atoms with Crippen molar-refractivity contribution in [2.75, 3.05) is 40.8 Å². The zero-order chi connectivity index (χ0) is 12.8. The van der Waals surface area contributed by atoms with Gasteiger partial charge in [0.15, 0.2) is 0 Å². The number of nitrogens with one attached hydrogen (secondary N) is 2. The largest absolute Gasteiger partial charge is 0.340 e. The Labute approximate surface area is 102 Å². The molecule has 0 spiro atoms. The van der Waals surface area contributed by atoms with Crippen molar-refractivity contribution in [2.24, 2.45) is 0 Å². The van der Waals surface area contributed by atoms with Crippen molar-refractivity contribution in [3.05, 3.63) is 0 Å². The summed E-state index contributed by atoms with van der Waals surface area (Å²) in [6.07, 6.45) is 1.91. The molecule has 1 unspecified atom stereocenters. The van der Waals surface area contributed by atoms with Crippen molar-refractivity contribution < 1.29 is 9.59 Å². The standard InChI is InChI=1S/C11H22N4O2/c1-12-9-5-4-7-15(10(9)16)8-6-13-11(17)14(2)3/h9,12H,4-8H2,1-3H3,(H,13,17). The highest BCUT2D eigenvalue weighted by Gasteiger charge is 2.26. The maximum absolute atomic E-state index is 11.9. The van der Waals surface area contributed by atoms with E-state index in [4.69, 9.17) is 0 Å². The number of carbonyl (C=O) groups excluding carboxylic acids is 2. The summed E-state index contributed by atoms with van der Waals surface area (Å²) >= 11 is 0. The average molecular weight is 242 g/mol. The molecule has 1 rings (SSSR count). The maximum Gasteiger partial charge on any atom is 0.316 e. The second kappa shape index (κ2) is 6.44. The van der Waals surface area contributed by atoms with Crippen LogP contribution >= 0.6 is 0 Å². The zero-order valence-corrected chi connectivity index (χ0v) is 10.8. The molecule has 17 heavy (non-hydrogen) atoms. The topological polar surface area (TPSA) is 64.7 Å². The van der Waals surface area contributed by atoms with Gasteiger partial charge >= 0.3 is 6.03 Å². The van der Waals surface area contributed by atoms with E-state index in [1.165, 1.54) is 4.90 Å². The van der Waals surface area contributed by atoms with E-state index in [-0.39, 0.29) is 18.0 Å². The van der Waals surface area contributed by atoms with Gasteiger partial charge < -0.3 is 20.4 Å². The molecule has 0 radical (unpaired) electrons. The molecule has 1 atom stereocenters. The summed E-state index contributed by atoms with van der Waals surface area (Å²) in [5.74, 6) is 0.137. The number of rotatable bonds is 4. The third kappa shape index (κ3) is 3.89. The second-order valence-electron chi connectivity index (χ2n) is 4.44. The molecule has 0 saturated carbocycles. The molecular formula is C11H22N4O2. The van der Waals surface area contributed by atoms with Crippen molar-refractivity contribution in [2.45, 2.75) is 18.9 Å². The summed E-state index contributed by atoms with van der Waals surface area (Å²) in [7, 11) is 5.19. The highest BCUT2D eigenvalue weighted by atomic mass is 16.2. The van der Waals surface area contributed by atoms with Gasteiger partial charge in [-0.2, -0.15) is 0 Å². The third-order valence-corrected chi connectivity index (χ3v) is 2.94. The smallest absolute Gasteiger partial charge is 0.316 e. The number of amides is 3. The molecule has 2 N–H and O–H groups in total. The van der Waals surface area contributed by atoms with Crippen molar-refractivity contribution in [3.63, 3.8) is 0 Å². The quantitative estimate of drug-likeness (QED) is 0.696. The Hall–Kier alpha value is -1.30. The lowest BCUT2D eigenvalue weighted by Crippen LogP contribution is -2.51. The lowest BCUT2D eigenvalue weighted by atomic mass is 10.1. The molecule has 0 aromatic carbocycles. The maximum atomic E-state index is 11.9. The molecular weight excluding hydrogens is 220 g/mol. The van der Waals surface area contributed by atoms with Crippen molar-refractivity contribution in [3.8, 4) is 0 Å². The monoisotopic (exact) mass is 242 g/mol. The predicted molar refractivity (Wildman–Crippen MR) is 65.7 cm³/mol. The Morgan fingerprint density at radius 1 is 1.53 bits per heavy atom. The number of hydrogen-bond acceptors (Lipinski definition) is 3. The van der Waals surface area contributed by atoms with Crippen LogP contribution in [-0.4, -0.2) is 68.6 Å². The van der Waals surface area contributed by atoms with Gasteiger partial charge in [-0.3, -0.25) is 4.79 Å². The second-order valence-corrected chi connectivity index (χ2v) is 4.44. The molecule has 1 heterocycles. The van der Waals surface area contributed by atoms with E-state index in [2.05, 4.69) is 10.6 Å². The van der Waals surface area contributed by atoms with Crippen LogP contribution in [0.5, 0.6) is 0 Å². The fourth-order valence-corrected chi connectivity index (χ4v) is 1.89. The Balaban J connectivity index is 2.31. The summed E-state index contributed by atoms with van der Waals surface area (Å²) in [5.41, 5.74) is 0. The first kappa shape index (κ1) is 13.8. The van der Waals surface area contributed by atoms with Gasteiger partial charge in [0.2, 0.25) is 5.91 Å². The number of hydrogen-bond donors (Lipinski definition) is 2. The van der Waals surface area contributed by atoms with E-state index in [1.54, 1.807) is 26.0 Å². The first-order chi connectivity index (χ1) is 8.06. The van der Waals surface area contributed by atoms with Gasteiger partial charge in [0.05, 0.1) is 6.04 Å². The summed E-state index contributed by atoms with van der Waals surface area (Å²) in [5, 5.41) is 5.77. The molecule has 0 aromatic heterocycles. The van der Waals surface area contributed by atoms with Crippen LogP contribution < -0.4 is 10.6 Å². The van der Waals surface area contributed by atoms with E-state index in [0.717, 1.165) is 19.4 Å². The van der Waals surface area contributed by atoms with Crippen LogP contribution in [0.25, 0.3) is 0 Å². The Kier molecular flexibility index (Phi) is 5.21. The molecule has 0 aromatic rings. The van der Waals surface area contributed by atoms with E-state index in [9.17, 15) is 9.59 Å². The molecule has 1 aliphatic rings. The molecule has 6 heteroatoms. The van der Waals surface area contributed by atoms with Gasteiger partial charge in [-0.05, 0) is 19.9 Å². The number of carbonyl (C=O) groups is 2. The SMILES string of the molecule is CNC1CCCN(CCNC(=O)N(C)C)C1=O. The first-order valence-corrected chi connectivity index (χ1v) is 5.97. The molecule has 98 valence electrons. The highest BCUT2D eigenvalue weighted by molar-refractivity contribution is 5.82. The molecule has 1 aliphatic heterocycles. The first-order valence-electron chi connectivity index (χ1n) is 5.97. The van der Waals surface area contributed by atoms with Crippen LogP contribution in [0.2, 0.25) is 0 Å². The van der Waals surface area contributed by atoms with E-state index < -0.39 is 0 Å². The van der Waals surface area contributed by atoms with Crippen LogP contribution in [-0.2, 0) is 4.79 Å². The molecule has 1 saturated heterocycles. The lowest BCUT2D eigenvalue weighted by molar-refractivity contribution is -0.135. The number of likely N-dealkylation sites (tertiary alicyclic amines) is 1.